The number of aromatic nitrogens is 2. The number of carboxylic acid groups (broad SMARTS) is 2. The lowest BCUT2D eigenvalue weighted by Crippen LogP contribution is -2.45. The summed E-state index contributed by atoms with van der Waals surface area (Å²) in [5.41, 5.74) is 0.479. The molecule has 0 bridgehead atoms. The van der Waals surface area contributed by atoms with Crippen molar-refractivity contribution >= 4 is 18.0 Å². The number of amides is 1. The molecule has 2 unspecified atom stereocenters. The number of hydrogen-bond donors (Lipinski definition) is 3. The number of benzene rings is 1. The zero-order valence-electron chi connectivity index (χ0n) is 21.8. The van der Waals surface area contributed by atoms with E-state index in [4.69, 9.17) is 4.74 Å². The van der Waals surface area contributed by atoms with Crippen molar-refractivity contribution in [2.75, 3.05) is 0 Å². The largest absolute Gasteiger partial charge is 0.480 e. The third-order valence-electron chi connectivity index (χ3n) is 6.02. The van der Waals surface area contributed by atoms with Gasteiger partial charge in [-0.1, -0.05) is 12.1 Å². The van der Waals surface area contributed by atoms with E-state index in [1.165, 1.54) is 29.2 Å². The van der Waals surface area contributed by atoms with Gasteiger partial charge in [0, 0.05) is 24.1 Å². The number of fused-ring (bicyclic) bond motifs is 1. The van der Waals surface area contributed by atoms with E-state index in [-0.39, 0.29) is 37.0 Å². The maximum absolute atomic E-state index is 12.7. The van der Waals surface area contributed by atoms with Gasteiger partial charge in [-0.15, -0.1) is 0 Å². The van der Waals surface area contributed by atoms with Gasteiger partial charge in [-0.25, -0.2) is 9.59 Å². The predicted molar refractivity (Wildman–Crippen MR) is 130 cm³/mol. The molecule has 0 saturated heterocycles. The third-order valence-corrected chi connectivity index (χ3v) is 6.02. The summed E-state index contributed by atoms with van der Waals surface area (Å²) in [6.45, 7) is 5.38. The highest BCUT2D eigenvalue weighted by atomic mass is 19.3. The summed E-state index contributed by atoms with van der Waals surface area (Å²) in [6, 6.07) is 3.66. The van der Waals surface area contributed by atoms with Crippen molar-refractivity contribution in [3.63, 3.8) is 0 Å². The van der Waals surface area contributed by atoms with Gasteiger partial charge in [-0.3, -0.25) is 14.8 Å². The third kappa shape index (κ3) is 6.97. The Balaban J connectivity index is 1.82. The number of ether oxygens (including phenoxy) is 2. The van der Waals surface area contributed by atoms with E-state index in [9.17, 15) is 33.4 Å². The van der Waals surface area contributed by atoms with E-state index in [1.54, 1.807) is 34.6 Å². The van der Waals surface area contributed by atoms with Crippen LogP contribution in [0.15, 0.2) is 24.3 Å². The minimum absolute atomic E-state index is 0.0337. The predicted octanol–water partition coefficient (Wildman–Crippen LogP) is 3.67. The molecule has 0 radical (unpaired) electrons. The second-order valence-corrected chi connectivity index (χ2v) is 10.1. The molecule has 3 N–H and O–H groups in total. The van der Waals surface area contributed by atoms with Crippen molar-refractivity contribution in [3.05, 3.63) is 46.8 Å². The lowest BCUT2D eigenvalue weighted by Gasteiger charge is -2.34. The fraction of sp³-hybridized carbons (Fsp3) is 0.520. The average molecular weight is 539 g/mol. The Morgan fingerprint density at radius 1 is 1.18 bits per heavy atom. The molecule has 2 heterocycles. The highest BCUT2D eigenvalue weighted by Crippen LogP contribution is 2.28. The molecule has 13 heteroatoms. The first-order valence-corrected chi connectivity index (χ1v) is 12.0. The molecule has 208 valence electrons. The summed E-state index contributed by atoms with van der Waals surface area (Å²) >= 11 is 0. The molecule has 0 spiro atoms. The molecular weight excluding hydrogens is 506 g/mol. The van der Waals surface area contributed by atoms with Crippen molar-refractivity contribution in [2.24, 2.45) is 0 Å². The SMILES string of the molecule is CC(NC(Cn1nc2c(c1C(=O)O)CN(C(=O)OC(C)(C)C)[C@H](C)C2)C(=O)O)c1ccc(OC(F)F)cc1. The van der Waals surface area contributed by atoms with Crippen LogP contribution >= 0.6 is 0 Å². The van der Waals surface area contributed by atoms with Gasteiger partial charge in [0.25, 0.3) is 0 Å². The minimum atomic E-state index is -2.96. The number of carbonyl (C=O) groups is 3. The van der Waals surface area contributed by atoms with Crippen LogP contribution in [0.4, 0.5) is 13.6 Å². The summed E-state index contributed by atoms with van der Waals surface area (Å²) in [4.78, 5) is 38.4. The highest BCUT2D eigenvalue weighted by molar-refractivity contribution is 5.88. The van der Waals surface area contributed by atoms with Gasteiger partial charge >= 0.3 is 24.6 Å². The normalized spacial score (nSPS) is 17.1. The maximum atomic E-state index is 12.7. The molecule has 1 aliphatic rings. The van der Waals surface area contributed by atoms with E-state index in [0.717, 1.165) is 4.68 Å². The molecule has 1 aromatic heterocycles. The van der Waals surface area contributed by atoms with Gasteiger partial charge < -0.3 is 24.6 Å². The number of nitrogens with one attached hydrogen (secondary N) is 1. The lowest BCUT2D eigenvalue weighted by atomic mass is 10.00. The molecule has 3 rings (SSSR count). The summed E-state index contributed by atoms with van der Waals surface area (Å²) in [5, 5.41) is 27.1. The number of halogens is 2. The number of aromatic carboxylic acids is 1. The number of aliphatic carboxylic acids is 1. The topological polar surface area (TPSA) is 143 Å². The Hall–Kier alpha value is -3.74. The number of rotatable bonds is 9. The number of carboxylic acids is 2. The van der Waals surface area contributed by atoms with Gasteiger partial charge in [0.15, 0.2) is 5.69 Å². The van der Waals surface area contributed by atoms with Crippen molar-refractivity contribution in [1.82, 2.24) is 20.0 Å². The Morgan fingerprint density at radius 3 is 2.34 bits per heavy atom. The maximum Gasteiger partial charge on any atom is 0.410 e. The Morgan fingerprint density at radius 2 is 1.82 bits per heavy atom. The summed E-state index contributed by atoms with van der Waals surface area (Å²) < 4.78 is 35.7. The molecule has 0 saturated carbocycles. The molecule has 1 aromatic carbocycles. The van der Waals surface area contributed by atoms with Gasteiger partial charge in [0.2, 0.25) is 0 Å². The zero-order valence-corrected chi connectivity index (χ0v) is 21.8. The number of carbonyl (C=O) groups excluding carboxylic acids is 1. The molecule has 1 aliphatic heterocycles. The second kappa shape index (κ2) is 11.3. The van der Waals surface area contributed by atoms with Crippen molar-refractivity contribution in [3.8, 4) is 5.75 Å². The summed E-state index contributed by atoms with van der Waals surface area (Å²) in [5.74, 6) is -2.57. The number of hydrogen-bond acceptors (Lipinski definition) is 7. The molecule has 0 aliphatic carbocycles. The van der Waals surface area contributed by atoms with E-state index in [2.05, 4.69) is 15.2 Å². The Labute approximate surface area is 218 Å². The molecule has 3 atom stereocenters. The zero-order chi connectivity index (χ0) is 28.4. The Kier molecular flexibility index (Phi) is 8.60. The number of nitrogens with zero attached hydrogens (tertiary/aromatic N) is 3. The molecular formula is C25H32F2N4O7. The average Bonchev–Trinajstić information content (AvgIpc) is 3.13. The van der Waals surface area contributed by atoms with Crippen LogP contribution in [0.5, 0.6) is 5.75 Å². The van der Waals surface area contributed by atoms with Gasteiger partial charge in [-0.2, -0.15) is 13.9 Å². The van der Waals surface area contributed by atoms with Crippen molar-refractivity contribution in [2.45, 2.75) is 84.5 Å². The highest BCUT2D eigenvalue weighted by Gasteiger charge is 2.36. The van der Waals surface area contributed by atoms with E-state index >= 15 is 0 Å². The minimum Gasteiger partial charge on any atom is -0.480 e. The van der Waals surface area contributed by atoms with Gasteiger partial charge in [0.1, 0.15) is 17.4 Å². The Bertz CT molecular complexity index is 1180. The van der Waals surface area contributed by atoms with Crippen LogP contribution in [0.2, 0.25) is 0 Å². The molecule has 0 fully saturated rings. The van der Waals surface area contributed by atoms with Crippen LogP contribution in [0.3, 0.4) is 0 Å². The van der Waals surface area contributed by atoms with E-state index in [0.29, 0.717) is 16.8 Å². The van der Waals surface area contributed by atoms with Crippen molar-refractivity contribution < 1.29 is 42.9 Å². The summed E-state index contributed by atoms with van der Waals surface area (Å²) in [6.07, 6.45) is -0.306. The quantitative estimate of drug-likeness (QED) is 0.436. The van der Waals surface area contributed by atoms with E-state index < -0.39 is 42.3 Å². The van der Waals surface area contributed by atoms with Crippen LogP contribution in [-0.4, -0.2) is 67.2 Å². The molecule has 11 nitrogen and oxygen atoms in total. The molecule has 38 heavy (non-hydrogen) atoms. The van der Waals surface area contributed by atoms with Crippen LogP contribution < -0.4 is 10.1 Å². The first kappa shape index (κ1) is 28.8. The van der Waals surface area contributed by atoms with Gasteiger partial charge in [0.05, 0.1) is 18.8 Å². The van der Waals surface area contributed by atoms with E-state index in [1.807, 2.05) is 0 Å². The van der Waals surface area contributed by atoms with Crippen LogP contribution in [-0.2, 0) is 29.0 Å². The lowest BCUT2D eigenvalue weighted by molar-refractivity contribution is -0.140. The van der Waals surface area contributed by atoms with Crippen LogP contribution in [0, 0.1) is 0 Å². The fourth-order valence-corrected chi connectivity index (χ4v) is 4.24. The second-order valence-electron chi connectivity index (χ2n) is 10.1. The van der Waals surface area contributed by atoms with Crippen LogP contribution in [0.25, 0.3) is 0 Å². The first-order valence-electron chi connectivity index (χ1n) is 12.0. The molecule has 1 amide bonds. The molecule has 2 aromatic rings. The van der Waals surface area contributed by atoms with Crippen LogP contribution in [0.1, 0.15) is 68.0 Å². The number of alkyl halides is 2. The monoisotopic (exact) mass is 538 g/mol. The smallest absolute Gasteiger partial charge is 0.410 e. The first-order chi connectivity index (χ1) is 17.7. The summed E-state index contributed by atoms with van der Waals surface area (Å²) in [7, 11) is 0. The van der Waals surface area contributed by atoms with Crippen molar-refractivity contribution in [1.29, 1.82) is 0 Å². The standard InChI is InChI=1S/C25H32F2N4O7/c1-13-10-18-17(11-30(13)24(36)38-25(3,4)5)20(22(34)35)31(29-18)12-19(21(32)33)28-14(2)15-6-8-16(9-7-15)37-23(26)27/h6-9,13-14,19,23,28H,10-12H2,1-5H3,(H,32,33)(H,34,35)/t13-,14?,19?/m1/s1. The van der Waals surface area contributed by atoms with Gasteiger partial charge in [-0.05, 0) is 52.3 Å². The fourth-order valence-electron chi connectivity index (χ4n) is 4.24.